The smallest absolute Gasteiger partial charge is 0.153 e. The Kier molecular flexibility index (Phi) is 4.61. The summed E-state index contributed by atoms with van der Waals surface area (Å²) in [5, 5.41) is 8.88. The van der Waals surface area contributed by atoms with Crippen molar-refractivity contribution in [1.29, 1.82) is 0 Å². The Morgan fingerprint density at radius 3 is 2.30 bits per heavy atom. The van der Waals surface area contributed by atoms with Crippen LogP contribution in [0.5, 0.6) is 5.75 Å². The minimum Gasteiger partial charge on any atom is -0.507 e. The van der Waals surface area contributed by atoms with Crippen molar-refractivity contribution in [3.8, 4) is 5.75 Å². The van der Waals surface area contributed by atoms with Crippen molar-refractivity contribution in [3.63, 3.8) is 0 Å². The Hall–Kier alpha value is -0.115. The van der Waals surface area contributed by atoms with Gasteiger partial charge >= 0.3 is 0 Å². The maximum Gasteiger partial charge on any atom is 0.153 e. The van der Waals surface area contributed by atoms with Crippen LogP contribution in [0.3, 0.4) is 0 Å². The summed E-state index contributed by atoms with van der Waals surface area (Å²) >= 11 is 0. The molecule has 0 amide bonds. The Balaban J connectivity index is 0.000000810. The molecule has 49 valence electrons. The molecule has 0 aromatic heterocycles. The van der Waals surface area contributed by atoms with Gasteiger partial charge in [0.1, 0.15) is 5.75 Å². The number of carbonyl (C=O) groups excluding carboxylic acids is 1. The summed E-state index contributed by atoms with van der Waals surface area (Å²) in [6.45, 7) is 0. The Morgan fingerprint density at radius 2 is 1.90 bits per heavy atom. The van der Waals surface area contributed by atoms with Crippen molar-refractivity contribution in [2.45, 2.75) is 0 Å². The van der Waals surface area contributed by atoms with E-state index in [1.807, 2.05) is 0 Å². The van der Waals surface area contributed by atoms with Gasteiger partial charge in [0.2, 0.25) is 0 Å². The van der Waals surface area contributed by atoms with Gasteiger partial charge in [-0.15, -0.1) is 0 Å². The van der Waals surface area contributed by atoms with E-state index in [0.717, 1.165) is 0 Å². The number of para-hydroxylation sites is 1. The number of hydrogen-bond donors (Lipinski definition) is 1. The van der Waals surface area contributed by atoms with Crippen LogP contribution in [0.15, 0.2) is 24.3 Å². The van der Waals surface area contributed by atoms with E-state index in [4.69, 9.17) is 5.11 Å². The van der Waals surface area contributed by atoms with Crippen molar-refractivity contribution in [3.05, 3.63) is 29.8 Å². The predicted octanol–water partition coefficient (Wildman–Crippen LogP) is 1.20. The Morgan fingerprint density at radius 1 is 1.30 bits per heavy atom. The van der Waals surface area contributed by atoms with Gasteiger partial charge in [-0.25, -0.2) is 0 Å². The molecule has 0 bridgehead atoms. The third kappa shape index (κ3) is 2.25. The molecule has 0 unspecified atom stereocenters. The van der Waals surface area contributed by atoms with E-state index in [0.29, 0.717) is 11.8 Å². The maximum atomic E-state index is 10.1. The van der Waals surface area contributed by atoms with E-state index in [1.165, 1.54) is 6.07 Å². The summed E-state index contributed by atoms with van der Waals surface area (Å²) in [6, 6.07) is 6.40. The first-order valence-electron chi connectivity index (χ1n) is 2.58. The van der Waals surface area contributed by atoms with Crippen molar-refractivity contribution in [2.75, 3.05) is 0 Å². The Labute approximate surface area is 86.9 Å². The molecule has 10 heavy (non-hydrogen) atoms. The predicted molar refractivity (Wildman–Crippen MR) is 33.5 cm³/mol. The number of hydrogen-bond acceptors (Lipinski definition) is 2. The number of rotatable bonds is 1. The van der Waals surface area contributed by atoms with E-state index in [-0.39, 0.29) is 41.3 Å². The van der Waals surface area contributed by atoms with Crippen LogP contribution in [0.2, 0.25) is 0 Å². The molecule has 1 aromatic rings. The van der Waals surface area contributed by atoms with Crippen LogP contribution in [0.1, 0.15) is 10.4 Å². The fourth-order valence-electron chi connectivity index (χ4n) is 0.587. The van der Waals surface area contributed by atoms with Crippen LogP contribution in [0, 0.1) is 35.6 Å². The summed E-state index contributed by atoms with van der Waals surface area (Å²) in [6.07, 6.45) is 0.620. The first kappa shape index (κ1) is 9.88. The first-order valence-corrected chi connectivity index (χ1v) is 2.58. The topological polar surface area (TPSA) is 37.3 Å². The molecule has 0 heterocycles. The van der Waals surface area contributed by atoms with Crippen LogP contribution < -0.4 is 0 Å². The third-order valence-electron chi connectivity index (χ3n) is 1.06. The molecule has 2 nitrogen and oxygen atoms in total. The molecule has 0 saturated heterocycles. The minimum absolute atomic E-state index is 0. The van der Waals surface area contributed by atoms with E-state index in [9.17, 15) is 4.79 Å². The summed E-state index contributed by atoms with van der Waals surface area (Å²) < 4.78 is 0. The summed E-state index contributed by atoms with van der Waals surface area (Å²) in [5.41, 5.74) is 0.331. The molecule has 0 atom stereocenters. The second kappa shape index (κ2) is 4.66. The second-order valence-corrected chi connectivity index (χ2v) is 1.68. The number of aromatic hydroxyl groups is 1. The number of aldehydes is 1. The molecule has 0 aliphatic rings. The summed E-state index contributed by atoms with van der Waals surface area (Å²) in [5.74, 6) is 0.0347. The molecule has 0 spiro atoms. The van der Waals surface area contributed by atoms with Crippen LogP contribution in [0.25, 0.3) is 0 Å². The molecule has 0 aliphatic carbocycles. The summed E-state index contributed by atoms with van der Waals surface area (Å²) in [4.78, 5) is 10.1. The minimum atomic E-state index is 0. The second-order valence-electron chi connectivity index (χ2n) is 1.68. The normalized spacial score (nSPS) is 8.00. The standard InChI is InChI=1S/C7H6O2.La/c8-5-6-3-1-2-4-7(6)9;/h1-5,9H;. The van der Waals surface area contributed by atoms with Crippen molar-refractivity contribution >= 4 is 6.29 Å². The van der Waals surface area contributed by atoms with Crippen LogP contribution in [-0.2, 0) is 0 Å². The van der Waals surface area contributed by atoms with Gasteiger partial charge in [0.25, 0.3) is 0 Å². The molecule has 3 heteroatoms. The zero-order valence-corrected chi connectivity index (χ0v) is 8.95. The fourth-order valence-corrected chi connectivity index (χ4v) is 0.587. The van der Waals surface area contributed by atoms with Crippen molar-refractivity contribution in [1.82, 2.24) is 0 Å². The van der Waals surface area contributed by atoms with Crippen LogP contribution in [-0.4, -0.2) is 11.4 Å². The van der Waals surface area contributed by atoms with Gasteiger partial charge in [0.15, 0.2) is 6.29 Å². The van der Waals surface area contributed by atoms with E-state index in [2.05, 4.69) is 0 Å². The molecule has 0 saturated carbocycles. The molecule has 0 fully saturated rings. The van der Waals surface area contributed by atoms with Gasteiger partial charge in [-0.1, -0.05) is 12.1 Å². The van der Waals surface area contributed by atoms with Gasteiger partial charge in [-0.2, -0.15) is 0 Å². The van der Waals surface area contributed by atoms with Gasteiger partial charge in [0, 0.05) is 35.6 Å². The number of phenols is 1. The average Bonchev–Trinajstić information content (AvgIpc) is 1.89. The molecule has 1 N–H and O–H groups in total. The quantitative estimate of drug-likeness (QED) is 0.771. The van der Waals surface area contributed by atoms with Crippen molar-refractivity contribution < 1.29 is 45.5 Å². The molecular formula is C7H6LaO2. The fraction of sp³-hybridized carbons (Fsp3) is 0. The first-order chi connectivity index (χ1) is 4.34. The third-order valence-corrected chi connectivity index (χ3v) is 1.06. The molecule has 1 rings (SSSR count). The monoisotopic (exact) mass is 261 g/mol. The number of carbonyl (C=O) groups is 1. The van der Waals surface area contributed by atoms with Crippen LogP contribution in [0.4, 0.5) is 0 Å². The number of benzene rings is 1. The zero-order valence-electron chi connectivity index (χ0n) is 5.32. The zero-order chi connectivity index (χ0) is 6.69. The number of phenolic OH excluding ortho intramolecular Hbond substituents is 1. The largest absolute Gasteiger partial charge is 0.507 e. The molecule has 1 aromatic carbocycles. The maximum absolute atomic E-state index is 10.1. The molecule has 1 radical (unpaired) electrons. The molecule has 0 aliphatic heterocycles. The summed E-state index contributed by atoms with van der Waals surface area (Å²) in [7, 11) is 0. The van der Waals surface area contributed by atoms with Gasteiger partial charge < -0.3 is 5.11 Å². The Bertz CT molecular complexity index is 223. The SMILES string of the molecule is O=Cc1ccccc1O.[La]. The van der Waals surface area contributed by atoms with Gasteiger partial charge in [-0.3, -0.25) is 4.79 Å². The van der Waals surface area contributed by atoms with Gasteiger partial charge in [-0.05, 0) is 12.1 Å². The molecular weight excluding hydrogens is 255 g/mol. The van der Waals surface area contributed by atoms with E-state index >= 15 is 0 Å². The van der Waals surface area contributed by atoms with Gasteiger partial charge in [0.05, 0.1) is 5.56 Å². The van der Waals surface area contributed by atoms with E-state index in [1.54, 1.807) is 18.2 Å². The van der Waals surface area contributed by atoms with E-state index < -0.39 is 0 Å². The average molecular weight is 261 g/mol. The van der Waals surface area contributed by atoms with Crippen LogP contribution >= 0.6 is 0 Å². The van der Waals surface area contributed by atoms with Crippen molar-refractivity contribution in [2.24, 2.45) is 0 Å².